The van der Waals surface area contributed by atoms with Gasteiger partial charge in [0.15, 0.2) is 6.79 Å². The molecule has 0 heterocycles. The van der Waals surface area contributed by atoms with Crippen molar-refractivity contribution in [1.82, 2.24) is 0 Å². The van der Waals surface area contributed by atoms with Gasteiger partial charge in [-0.05, 0) is 23.8 Å². The number of rotatable bonds is 6. The van der Waals surface area contributed by atoms with Crippen molar-refractivity contribution < 1.29 is 9.47 Å². The van der Waals surface area contributed by atoms with Gasteiger partial charge in [0, 0.05) is 5.02 Å². The summed E-state index contributed by atoms with van der Waals surface area (Å²) < 4.78 is 10.9. The molecular formula is C15H15ClN2O2. The van der Waals surface area contributed by atoms with E-state index in [0.717, 1.165) is 5.56 Å². The van der Waals surface area contributed by atoms with Crippen LogP contribution in [0.2, 0.25) is 5.02 Å². The van der Waals surface area contributed by atoms with Crippen molar-refractivity contribution in [3.05, 3.63) is 64.7 Å². The summed E-state index contributed by atoms with van der Waals surface area (Å²) in [4.78, 5) is 0. The number of benzene rings is 2. The Kier molecular flexibility index (Phi) is 4.98. The van der Waals surface area contributed by atoms with Crippen LogP contribution < -0.4 is 10.5 Å². The number of nitrogens with two attached hydrogens (primary N) is 1. The van der Waals surface area contributed by atoms with E-state index in [1.165, 1.54) is 0 Å². The smallest absolute Gasteiger partial charge is 0.189 e. The van der Waals surface area contributed by atoms with E-state index < -0.39 is 0 Å². The predicted octanol–water partition coefficient (Wildman–Crippen LogP) is 3.18. The van der Waals surface area contributed by atoms with E-state index >= 15 is 0 Å². The highest BCUT2D eigenvalue weighted by Gasteiger charge is 2.07. The molecule has 0 saturated carbocycles. The molecule has 2 aromatic carbocycles. The maximum absolute atomic E-state index is 7.48. The van der Waals surface area contributed by atoms with Crippen molar-refractivity contribution >= 4 is 17.4 Å². The van der Waals surface area contributed by atoms with Gasteiger partial charge in [-0.25, -0.2) is 0 Å². The average Bonchev–Trinajstić information content (AvgIpc) is 2.44. The lowest BCUT2D eigenvalue weighted by atomic mass is 10.2. The maximum Gasteiger partial charge on any atom is 0.189 e. The minimum absolute atomic E-state index is 0.0650. The summed E-state index contributed by atoms with van der Waals surface area (Å²) in [5, 5.41) is 8.00. The van der Waals surface area contributed by atoms with Crippen LogP contribution in [0.15, 0.2) is 48.5 Å². The van der Waals surface area contributed by atoms with Crippen molar-refractivity contribution in [3.8, 4) is 5.75 Å². The Morgan fingerprint density at radius 1 is 1.15 bits per heavy atom. The van der Waals surface area contributed by atoms with E-state index in [4.69, 9.17) is 32.2 Å². The molecule has 4 nitrogen and oxygen atoms in total. The molecule has 0 atom stereocenters. The summed E-state index contributed by atoms with van der Waals surface area (Å²) >= 11 is 5.90. The fourth-order valence-electron chi connectivity index (χ4n) is 1.68. The van der Waals surface area contributed by atoms with Crippen molar-refractivity contribution in [2.45, 2.75) is 6.61 Å². The van der Waals surface area contributed by atoms with Gasteiger partial charge in [0.1, 0.15) is 11.6 Å². The quantitative estimate of drug-likeness (QED) is 0.371. The lowest BCUT2D eigenvalue weighted by molar-refractivity contribution is 0.00495. The zero-order valence-corrected chi connectivity index (χ0v) is 11.6. The second kappa shape index (κ2) is 6.93. The van der Waals surface area contributed by atoms with Gasteiger partial charge >= 0.3 is 0 Å². The molecule has 0 spiro atoms. The monoisotopic (exact) mass is 290 g/mol. The molecule has 0 radical (unpaired) electrons. The van der Waals surface area contributed by atoms with Crippen LogP contribution in [0.1, 0.15) is 11.1 Å². The Bertz CT molecular complexity index is 588. The molecule has 0 amide bonds. The van der Waals surface area contributed by atoms with Gasteiger partial charge in [-0.15, -0.1) is 0 Å². The van der Waals surface area contributed by atoms with Crippen molar-refractivity contribution in [1.29, 1.82) is 5.41 Å². The van der Waals surface area contributed by atoms with Gasteiger partial charge < -0.3 is 15.2 Å². The lowest BCUT2D eigenvalue weighted by Gasteiger charge is -2.11. The Balaban J connectivity index is 1.91. The fourth-order valence-corrected chi connectivity index (χ4v) is 1.84. The standard InChI is InChI=1S/C15H15ClN2O2/c16-12-6-7-13(15(17)18)14(8-12)20-10-19-9-11-4-2-1-3-5-11/h1-8H,9-10H2,(H3,17,18). The highest BCUT2D eigenvalue weighted by atomic mass is 35.5. The van der Waals surface area contributed by atoms with E-state index in [9.17, 15) is 0 Å². The zero-order chi connectivity index (χ0) is 14.4. The minimum atomic E-state index is -0.0697. The summed E-state index contributed by atoms with van der Waals surface area (Å²) in [7, 11) is 0. The first kappa shape index (κ1) is 14.4. The van der Waals surface area contributed by atoms with E-state index in [2.05, 4.69) is 0 Å². The molecule has 3 N–H and O–H groups in total. The Hall–Kier alpha value is -2.04. The number of nitrogen functional groups attached to an aromatic ring is 1. The first-order valence-electron chi connectivity index (χ1n) is 6.05. The van der Waals surface area contributed by atoms with E-state index in [0.29, 0.717) is 22.9 Å². The van der Waals surface area contributed by atoms with Crippen LogP contribution in [0.4, 0.5) is 0 Å². The van der Waals surface area contributed by atoms with Crippen LogP contribution in [-0.4, -0.2) is 12.6 Å². The number of nitrogens with one attached hydrogen (secondary N) is 1. The first-order chi connectivity index (χ1) is 9.66. The van der Waals surface area contributed by atoms with Gasteiger partial charge in [0.2, 0.25) is 0 Å². The highest BCUT2D eigenvalue weighted by Crippen LogP contribution is 2.23. The van der Waals surface area contributed by atoms with Gasteiger partial charge in [0.05, 0.1) is 12.2 Å². The maximum atomic E-state index is 7.48. The zero-order valence-electron chi connectivity index (χ0n) is 10.8. The number of amidine groups is 1. The molecule has 2 aromatic rings. The second-order valence-electron chi connectivity index (χ2n) is 4.15. The molecule has 5 heteroatoms. The molecule has 0 aliphatic rings. The molecular weight excluding hydrogens is 276 g/mol. The topological polar surface area (TPSA) is 68.3 Å². The second-order valence-corrected chi connectivity index (χ2v) is 4.59. The SMILES string of the molecule is N=C(N)c1ccc(Cl)cc1OCOCc1ccccc1. The number of hydrogen-bond acceptors (Lipinski definition) is 3. The molecule has 0 unspecified atom stereocenters. The molecule has 20 heavy (non-hydrogen) atoms. The normalized spacial score (nSPS) is 10.2. The summed E-state index contributed by atoms with van der Waals surface area (Å²) in [6.45, 7) is 0.520. The van der Waals surface area contributed by atoms with Crippen molar-refractivity contribution in [3.63, 3.8) is 0 Å². The summed E-state index contributed by atoms with van der Waals surface area (Å²) in [6.07, 6.45) is 0. The van der Waals surface area contributed by atoms with Crippen molar-refractivity contribution in [2.75, 3.05) is 6.79 Å². The number of hydrogen-bond donors (Lipinski definition) is 2. The molecule has 2 rings (SSSR count). The molecule has 104 valence electrons. The van der Waals surface area contributed by atoms with Crippen molar-refractivity contribution in [2.24, 2.45) is 5.73 Å². The minimum Gasteiger partial charge on any atom is -0.467 e. The molecule has 0 aliphatic heterocycles. The molecule has 0 aromatic heterocycles. The van der Waals surface area contributed by atoms with Gasteiger partial charge in [-0.1, -0.05) is 41.9 Å². The summed E-state index contributed by atoms with van der Waals surface area (Å²) in [5.74, 6) is 0.373. The summed E-state index contributed by atoms with van der Waals surface area (Å²) in [6, 6.07) is 14.7. The first-order valence-corrected chi connectivity index (χ1v) is 6.43. The average molecular weight is 291 g/mol. The summed E-state index contributed by atoms with van der Waals surface area (Å²) in [5.41, 5.74) is 7.04. The Morgan fingerprint density at radius 3 is 2.60 bits per heavy atom. The fraction of sp³-hybridized carbons (Fsp3) is 0.133. The van der Waals surface area contributed by atoms with Crippen LogP contribution in [0.3, 0.4) is 0 Å². The third kappa shape index (κ3) is 3.98. The lowest BCUT2D eigenvalue weighted by Crippen LogP contribution is -2.14. The highest BCUT2D eigenvalue weighted by molar-refractivity contribution is 6.30. The van der Waals surface area contributed by atoms with E-state index in [-0.39, 0.29) is 12.6 Å². The largest absolute Gasteiger partial charge is 0.467 e. The molecule has 0 aliphatic carbocycles. The third-order valence-corrected chi connectivity index (χ3v) is 2.88. The number of halogens is 1. The Labute approximate surface area is 122 Å². The third-order valence-electron chi connectivity index (χ3n) is 2.64. The van der Waals surface area contributed by atoms with E-state index in [1.54, 1.807) is 18.2 Å². The predicted molar refractivity (Wildman–Crippen MR) is 79.2 cm³/mol. The van der Waals surface area contributed by atoms with Gasteiger partial charge in [-0.3, -0.25) is 5.41 Å². The molecule has 0 fully saturated rings. The van der Waals surface area contributed by atoms with Crippen LogP contribution in [0.25, 0.3) is 0 Å². The van der Waals surface area contributed by atoms with Crippen LogP contribution in [0.5, 0.6) is 5.75 Å². The molecule has 0 bridgehead atoms. The molecule has 0 saturated heterocycles. The van der Waals surface area contributed by atoms with E-state index in [1.807, 2.05) is 30.3 Å². The Morgan fingerprint density at radius 2 is 1.90 bits per heavy atom. The van der Waals surface area contributed by atoms with Crippen LogP contribution in [-0.2, 0) is 11.3 Å². The number of ether oxygens (including phenoxy) is 2. The van der Waals surface area contributed by atoms with Crippen LogP contribution in [0, 0.1) is 5.41 Å². The van der Waals surface area contributed by atoms with Gasteiger partial charge in [0.25, 0.3) is 0 Å². The van der Waals surface area contributed by atoms with Crippen LogP contribution >= 0.6 is 11.6 Å². The van der Waals surface area contributed by atoms with Gasteiger partial charge in [-0.2, -0.15) is 0 Å².